The molecule has 1 atom stereocenters. The Morgan fingerprint density at radius 3 is 2.50 bits per heavy atom. The molecule has 170 valence electrons. The number of nitrogens with one attached hydrogen (secondary N) is 1. The van der Waals surface area contributed by atoms with E-state index in [1.54, 1.807) is 6.07 Å². The molecule has 1 amide bonds. The molecule has 2 rings (SSSR count). The number of carbonyl (C=O) groups is 1. The number of aromatic nitrogens is 2. The molecule has 2 aromatic rings. The van der Waals surface area contributed by atoms with Gasteiger partial charge in [0.25, 0.3) is 18.0 Å². The molecule has 0 saturated carbocycles. The summed E-state index contributed by atoms with van der Waals surface area (Å²) in [5.41, 5.74) is 3.21. The number of amidine groups is 1. The van der Waals surface area contributed by atoms with Gasteiger partial charge in [-0.15, -0.1) is 0 Å². The number of pyridine rings is 2. The van der Waals surface area contributed by atoms with E-state index in [9.17, 15) is 31.1 Å². The van der Waals surface area contributed by atoms with Crippen molar-refractivity contribution in [2.75, 3.05) is 12.4 Å². The van der Waals surface area contributed by atoms with E-state index >= 15 is 0 Å². The number of anilines is 1. The van der Waals surface area contributed by atoms with Crippen LogP contribution in [-0.4, -0.2) is 41.2 Å². The highest BCUT2D eigenvalue weighted by atomic mass is 19.4. The average molecular weight is 460 g/mol. The molecule has 0 unspecified atom stereocenters. The second kappa shape index (κ2) is 9.08. The monoisotopic (exact) mass is 460 g/mol. The Hall–Kier alpha value is -3.89. The molecule has 3 N–H and O–H groups in total. The summed E-state index contributed by atoms with van der Waals surface area (Å²) in [4.78, 5) is 22.3. The smallest absolute Gasteiger partial charge is 0.432 e. The lowest BCUT2D eigenvalue weighted by atomic mass is 10.1. The molecule has 2 heterocycles. The number of nitrogens with two attached hydrogens (primary N) is 1. The van der Waals surface area contributed by atoms with E-state index in [4.69, 9.17) is 11.0 Å². The molecule has 14 heteroatoms. The molecule has 0 radical (unpaired) electrons. The Balaban J connectivity index is 2.43. The summed E-state index contributed by atoms with van der Waals surface area (Å²) in [7, 11) is 0.898. The maximum absolute atomic E-state index is 14.6. The lowest BCUT2D eigenvalue weighted by Crippen LogP contribution is -2.48. The van der Waals surface area contributed by atoms with Gasteiger partial charge in [0.15, 0.2) is 11.5 Å². The first kappa shape index (κ1) is 24.4. The third kappa shape index (κ3) is 5.23. The first-order valence-electron chi connectivity index (χ1n) is 8.49. The quantitative estimate of drug-likeness (QED) is 0.401. The fourth-order valence-corrected chi connectivity index (χ4v) is 2.44. The van der Waals surface area contributed by atoms with Gasteiger partial charge < -0.3 is 15.8 Å². The molecule has 0 saturated heterocycles. The number of ether oxygens (including phenoxy) is 1. The van der Waals surface area contributed by atoms with Crippen LogP contribution >= 0.6 is 0 Å². The number of amides is 1. The third-order valence-corrected chi connectivity index (χ3v) is 3.91. The summed E-state index contributed by atoms with van der Waals surface area (Å²) in [6.07, 6.45) is -8.52. The van der Waals surface area contributed by atoms with Gasteiger partial charge in [-0.05, 0) is 30.7 Å². The van der Waals surface area contributed by atoms with Crippen LogP contribution < -0.4 is 11.1 Å². The standard InChI is InChI=1S/C18H14F6N6O2/c1-8-5-9(6-25)7-28-12(8)14(31)30-11-4-3-10(19)13(29-11)17(20,21)15(18(22,23)24)32-16(26)27-2/h3-5,7,15H,1-2H3,(H2,26,27)(H,29,30,31)/t15-/m0/s1. The van der Waals surface area contributed by atoms with E-state index in [1.165, 1.54) is 13.0 Å². The summed E-state index contributed by atoms with van der Waals surface area (Å²) in [6, 6.07) is 3.08. The third-order valence-electron chi connectivity index (χ3n) is 3.91. The van der Waals surface area contributed by atoms with Crippen LogP contribution in [0.5, 0.6) is 0 Å². The first-order chi connectivity index (χ1) is 14.8. The largest absolute Gasteiger partial charge is 0.445 e. The topological polar surface area (TPSA) is 126 Å². The minimum Gasteiger partial charge on any atom is -0.445 e. The molecule has 0 spiro atoms. The van der Waals surface area contributed by atoms with Crippen molar-refractivity contribution in [3.05, 3.63) is 52.7 Å². The Bertz CT molecular complexity index is 1100. The van der Waals surface area contributed by atoms with Gasteiger partial charge in [-0.1, -0.05) is 0 Å². The predicted octanol–water partition coefficient (Wildman–Crippen LogP) is 3.03. The molecule has 2 aromatic heterocycles. The van der Waals surface area contributed by atoms with Gasteiger partial charge in [0.05, 0.1) is 5.56 Å². The van der Waals surface area contributed by atoms with Crippen LogP contribution in [-0.2, 0) is 10.7 Å². The van der Waals surface area contributed by atoms with Gasteiger partial charge in [-0.3, -0.25) is 4.79 Å². The fraction of sp³-hybridized carbons (Fsp3) is 0.278. The van der Waals surface area contributed by atoms with E-state index in [0.29, 0.717) is 6.07 Å². The van der Waals surface area contributed by atoms with Crippen molar-refractivity contribution in [2.24, 2.45) is 10.7 Å². The van der Waals surface area contributed by atoms with Crippen molar-refractivity contribution >= 4 is 17.7 Å². The first-order valence-corrected chi connectivity index (χ1v) is 8.49. The van der Waals surface area contributed by atoms with Crippen molar-refractivity contribution in [1.29, 1.82) is 5.26 Å². The Morgan fingerprint density at radius 2 is 1.97 bits per heavy atom. The van der Waals surface area contributed by atoms with Crippen molar-refractivity contribution < 1.29 is 35.9 Å². The predicted molar refractivity (Wildman–Crippen MR) is 98.2 cm³/mol. The highest BCUT2D eigenvalue weighted by molar-refractivity contribution is 6.03. The number of carbonyl (C=O) groups excluding carboxylic acids is 1. The van der Waals surface area contributed by atoms with Crippen LogP contribution in [0.1, 0.15) is 27.3 Å². The van der Waals surface area contributed by atoms with Gasteiger partial charge in [0, 0.05) is 13.2 Å². The van der Waals surface area contributed by atoms with Crippen LogP contribution in [0.15, 0.2) is 29.4 Å². The summed E-state index contributed by atoms with van der Waals surface area (Å²) in [6.45, 7) is 1.44. The number of aryl methyl sites for hydroxylation is 1. The number of nitriles is 1. The number of halogens is 6. The number of rotatable bonds is 5. The van der Waals surface area contributed by atoms with Crippen molar-refractivity contribution in [3.8, 4) is 6.07 Å². The van der Waals surface area contributed by atoms with Crippen LogP contribution in [0.25, 0.3) is 0 Å². The minimum atomic E-state index is -5.68. The van der Waals surface area contributed by atoms with Crippen molar-refractivity contribution in [2.45, 2.75) is 25.1 Å². The maximum atomic E-state index is 14.6. The van der Waals surface area contributed by atoms with E-state index < -0.39 is 47.5 Å². The molecule has 32 heavy (non-hydrogen) atoms. The normalized spacial score (nSPS) is 13.3. The number of hydrogen-bond donors (Lipinski definition) is 2. The van der Waals surface area contributed by atoms with E-state index in [0.717, 1.165) is 19.3 Å². The molecule has 0 aliphatic carbocycles. The number of hydrogen-bond acceptors (Lipinski definition) is 6. The molecule has 0 aliphatic rings. The molecule has 0 fully saturated rings. The average Bonchev–Trinajstić information content (AvgIpc) is 2.71. The van der Waals surface area contributed by atoms with Crippen LogP contribution in [0.4, 0.5) is 32.2 Å². The fourth-order valence-electron chi connectivity index (χ4n) is 2.44. The molecule has 8 nitrogen and oxygen atoms in total. The van der Waals surface area contributed by atoms with Gasteiger partial charge in [-0.2, -0.15) is 27.2 Å². The molecule has 0 bridgehead atoms. The number of alkyl halides is 5. The summed E-state index contributed by atoms with van der Waals surface area (Å²) in [5.74, 6) is -8.51. The summed E-state index contributed by atoms with van der Waals surface area (Å²) < 4.78 is 86.9. The van der Waals surface area contributed by atoms with E-state index in [-0.39, 0.29) is 16.8 Å². The van der Waals surface area contributed by atoms with E-state index in [2.05, 4.69) is 19.7 Å². The van der Waals surface area contributed by atoms with Crippen molar-refractivity contribution in [1.82, 2.24) is 9.97 Å². The van der Waals surface area contributed by atoms with E-state index in [1.807, 2.05) is 5.32 Å². The van der Waals surface area contributed by atoms with Crippen LogP contribution in [0.3, 0.4) is 0 Å². The van der Waals surface area contributed by atoms with Gasteiger partial charge >= 0.3 is 12.1 Å². The lowest BCUT2D eigenvalue weighted by molar-refractivity contribution is -0.270. The minimum absolute atomic E-state index is 0.147. The zero-order chi connectivity index (χ0) is 24.3. The maximum Gasteiger partial charge on any atom is 0.432 e. The Morgan fingerprint density at radius 1 is 1.31 bits per heavy atom. The lowest BCUT2D eigenvalue weighted by Gasteiger charge is -2.28. The van der Waals surface area contributed by atoms with Crippen LogP contribution in [0, 0.1) is 24.1 Å². The Labute approximate surface area is 176 Å². The zero-order valence-electron chi connectivity index (χ0n) is 16.3. The second-order valence-corrected chi connectivity index (χ2v) is 6.21. The van der Waals surface area contributed by atoms with Gasteiger partial charge in [-0.25, -0.2) is 19.4 Å². The Kier molecular flexibility index (Phi) is 6.92. The highest BCUT2D eigenvalue weighted by Crippen LogP contribution is 2.42. The second-order valence-electron chi connectivity index (χ2n) is 6.21. The van der Waals surface area contributed by atoms with Crippen LogP contribution in [0.2, 0.25) is 0 Å². The molecular weight excluding hydrogens is 446 g/mol. The highest BCUT2D eigenvalue weighted by Gasteiger charge is 2.61. The summed E-state index contributed by atoms with van der Waals surface area (Å²) in [5, 5.41) is 10.9. The SMILES string of the molecule is CN=C(N)O[C@H](C(F)(F)F)C(F)(F)c1nc(NC(=O)c2ncc(C#N)cc2C)ccc1F. The zero-order valence-corrected chi connectivity index (χ0v) is 16.3. The van der Waals surface area contributed by atoms with Gasteiger partial charge in [0.1, 0.15) is 17.6 Å². The molecule has 0 aromatic carbocycles. The molecule has 0 aliphatic heterocycles. The number of nitrogens with zero attached hydrogens (tertiary/aromatic N) is 4. The van der Waals surface area contributed by atoms with Crippen molar-refractivity contribution in [3.63, 3.8) is 0 Å². The molecular formula is C18H14F6N6O2. The number of aliphatic imine (C=N–C) groups is 1. The summed E-state index contributed by atoms with van der Waals surface area (Å²) >= 11 is 0. The van der Waals surface area contributed by atoms with Gasteiger partial charge in [0.2, 0.25) is 0 Å².